The van der Waals surface area contributed by atoms with Gasteiger partial charge < -0.3 is 15.5 Å². The summed E-state index contributed by atoms with van der Waals surface area (Å²) < 4.78 is 1.61. The molecular weight excluding hydrogens is 384 g/mol. The van der Waals surface area contributed by atoms with Gasteiger partial charge in [0.25, 0.3) is 5.91 Å². The van der Waals surface area contributed by atoms with Gasteiger partial charge in [-0.2, -0.15) is 5.10 Å². The van der Waals surface area contributed by atoms with E-state index in [0.29, 0.717) is 18.6 Å². The Hall–Kier alpha value is -3.75. The van der Waals surface area contributed by atoms with Gasteiger partial charge in [0.2, 0.25) is 11.8 Å². The molecular formula is C21H22N6O3. The minimum atomic E-state index is -0.480. The Kier molecular flexibility index (Phi) is 5.42. The maximum atomic E-state index is 12.7. The summed E-state index contributed by atoms with van der Waals surface area (Å²) in [5.74, 6) is -0.914. The third kappa shape index (κ3) is 3.61. The summed E-state index contributed by atoms with van der Waals surface area (Å²) in [4.78, 5) is 43.0. The summed E-state index contributed by atoms with van der Waals surface area (Å²) in [5.41, 5.74) is 2.45. The van der Waals surface area contributed by atoms with Crippen molar-refractivity contribution in [3.63, 3.8) is 0 Å². The van der Waals surface area contributed by atoms with Crippen LogP contribution in [-0.4, -0.2) is 63.4 Å². The van der Waals surface area contributed by atoms with E-state index in [1.807, 2.05) is 36.4 Å². The molecule has 9 heteroatoms. The van der Waals surface area contributed by atoms with Gasteiger partial charge in [0, 0.05) is 25.4 Å². The third-order valence-corrected chi connectivity index (χ3v) is 5.24. The number of hydrogen-bond acceptors (Lipinski definition) is 5. The van der Waals surface area contributed by atoms with Crippen LogP contribution in [-0.2, 0) is 9.59 Å². The fraction of sp³-hybridized carbons (Fsp3) is 0.286. The molecule has 0 radical (unpaired) electrons. The molecule has 9 nitrogen and oxygen atoms in total. The molecule has 1 aliphatic rings. The normalized spacial score (nSPS) is 15.9. The first kappa shape index (κ1) is 19.6. The van der Waals surface area contributed by atoms with E-state index in [-0.39, 0.29) is 23.9 Å². The SMILES string of the molecule is CNC(=O)C1CCCN1C(=O)CNC(=O)c1cnn2c(-c3ccccc3)ccnc12. The Morgan fingerprint density at radius 1 is 1.17 bits per heavy atom. The summed E-state index contributed by atoms with van der Waals surface area (Å²) in [6.07, 6.45) is 4.45. The average Bonchev–Trinajstić information content (AvgIpc) is 3.44. The average molecular weight is 406 g/mol. The van der Waals surface area contributed by atoms with Crippen molar-refractivity contribution in [3.8, 4) is 11.3 Å². The van der Waals surface area contributed by atoms with Gasteiger partial charge in [-0.25, -0.2) is 9.50 Å². The smallest absolute Gasteiger partial charge is 0.257 e. The highest BCUT2D eigenvalue weighted by atomic mass is 16.2. The van der Waals surface area contributed by atoms with Crippen molar-refractivity contribution in [2.45, 2.75) is 18.9 Å². The van der Waals surface area contributed by atoms with Crippen molar-refractivity contribution in [1.82, 2.24) is 30.1 Å². The number of rotatable bonds is 5. The van der Waals surface area contributed by atoms with Gasteiger partial charge in [0.05, 0.1) is 18.4 Å². The Morgan fingerprint density at radius 3 is 2.73 bits per heavy atom. The van der Waals surface area contributed by atoms with E-state index in [1.54, 1.807) is 17.8 Å². The van der Waals surface area contributed by atoms with Crippen LogP contribution in [0.15, 0.2) is 48.8 Å². The number of carbonyl (C=O) groups excluding carboxylic acids is 3. The van der Waals surface area contributed by atoms with Crippen LogP contribution in [0, 0.1) is 0 Å². The summed E-state index contributed by atoms with van der Waals surface area (Å²) in [7, 11) is 1.55. The van der Waals surface area contributed by atoms with E-state index in [2.05, 4.69) is 20.7 Å². The number of benzene rings is 1. The quantitative estimate of drug-likeness (QED) is 0.653. The molecule has 0 bridgehead atoms. The lowest BCUT2D eigenvalue weighted by Gasteiger charge is -2.23. The first-order valence-corrected chi connectivity index (χ1v) is 9.77. The zero-order valence-corrected chi connectivity index (χ0v) is 16.5. The lowest BCUT2D eigenvalue weighted by Crippen LogP contribution is -2.48. The van der Waals surface area contributed by atoms with E-state index in [4.69, 9.17) is 0 Å². The molecule has 1 unspecified atom stereocenters. The van der Waals surface area contributed by atoms with E-state index in [9.17, 15) is 14.4 Å². The molecule has 1 saturated heterocycles. The monoisotopic (exact) mass is 406 g/mol. The Balaban J connectivity index is 1.49. The molecule has 30 heavy (non-hydrogen) atoms. The molecule has 0 saturated carbocycles. The molecule has 3 aromatic rings. The van der Waals surface area contributed by atoms with Gasteiger partial charge in [-0.3, -0.25) is 14.4 Å². The molecule has 3 heterocycles. The summed E-state index contributed by atoms with van der Waals surface area (Å²) in [6, 6.07) is 11.0. The lowest BCUT2D eigenvalue weighted by molar-refractivity contribution is -0.137. The summed E-state index contributed by atoms with van der Waals surface area (Å²) >= 11 is 0. The van der Waals surface area contributed by atoms with Crippen LogP contribution in [0.3, 0.4) is 0 Å². The number of nitrogens with zero attached hydrogens (tertiary/aromatic N) is 4. The van der Waals surface area contributed by atoms with Gasteiger partial charge in [-0.15, -0.1) is 0 Å². The Bertz CT molecular complexity index is 1090. The minimum Gasteiger partial charge on any atom is -0.357 e. The van der Waals surface area contributed by atoms with Crippen LogP contribution in [0.5, 0.6) is 0 Å². The summed E-state index contributed by atoms with van der Waals surface area (Å²) in [6.45, 7) is 0.313. The number of aromatic nitrogens is 3. The van der Waals surface area contributed by atoms with Crippen LogP contribution in [0.4, 0.5) is 0 Å². The fourth-order valence-corrected chi connectivity index (χ4v) is 3.74. The topological polar surface area (TPSA) is 109 Å². The zero-order valence-electron chi connectivity index (χ0n) is 16.5. The molecule has 3 amide bonds. The molecule has 154 valence electrons. The third-order valence-electron chi connectivity index (χ3n) is 5.24. The predicted molar refractivity (Wildman–Crippen MR) is 110 cm³/mol. The second-order valence-electron chi connectivity index (χ2n) is 7.03. The number of likely N-dealkylation sites (N-methyl/N-ethyl adjacent to an activating group) is 1. The van der Waals surface area contributed by atoms with E-state index in [1.165, 1.54) is 11.1 Å². The highest BCUT2D eigenvalue weighted by molar-refractivity contribution is 6.01. The van der Waals surface area contributed by atoms with Crippen molar-refractivity contribution in [1.29, 1.82) is 0 Å². The van der Waals surface area contributed by atoms with Gasteiger partial charge in [-0.1, -0.05) is 30.3 Å². The van der Waals surface area contributed by atoms with E-state index >= 15 is 0 Å². The molecule has 1 aromatic carbocycles. The summed E-state index contributed by atoms with van der Waals surface area (Å²) in [5, 5.41) is 9.53. The van der Waals surface area contributed by atoms with Crippen molar-refractivity contribution < 1.29 is 14.4 Å². The fourth-order valence-electron chi connectivity index (χ4n) is 3.74. The van der Waals surface area contributed by atoms with Crippen LogP contribution >= 0.6 is 0 Å². The molecule has 1 aliphatic heterocycles. The lowest BCUT2D eigenvalue weighted by atomic mass is 10.1. The number of nitrogens with one attached hydrogen (secondary N) is 2. The van der Waals surface area contributed by atoms with Crippen molar-refractivity contribution in [2.24, 2.45) is 0 Å². The van der Waals surface area contributed by atoms with E-state index < -0.39 is 11.9 Å². The highest BCUT2D eigenvalue weighted by Crippen LogP contribution is 2.21. The van der Waals surface area contributed by atoms with Crippen LogP contribution in [0.25, 0.3) is 16.9 Å². The van der Waals surface area contributed by atoms with Crippen LogP contribution in [0.2, 0.25) is 0 Å². The maximum absolute atomic E-state index is 12.7. The minimum absolute atomic E-state index is 0.188. The van der Waals surface area contributed by atoms with E-state index in [0.717, 1.165) is 17.7 Å². The van der Waals surface area contributed by atoms with Gasteiger partial charge in [0.15, 0.2) is 5.65 Å². The van der Waals surface area contributed by atoms with Gasteiger partial charge in [-0.05, 0) is 18.9 Å². The van der Waals surface area contributed by atoms with Crippen molar-refractivity contribution >= 4 is 23.4 Å². The molecule has 1 fully saturated rings. The van der Waals surface area contributed by atoms with Crippen LogP contribution < -0.4 is 10.6 Å². The molecule has 2 aromatic heterocycles. The first-order valence-electron chi connectivity index (χ1n) is 9.77. The molecule has 0 aliphatic carbocycles. The number of fused-ring (bicyclic) bond motifs is 1. The second-order valence-corrected chi connectivity index (χ2v) is 7.03. The Labute approximate surface area is 173 Å². The molecule has 2 N–H and O–H groups in total. The number of likely N-dealkylation sites (tertiary alicyclic amines) is 1. The molecule has 4 rings (SSSR count). The van der Waals surface area contributed by atoms with Gasteiger partial charge in [0.1, 0.15) is 11.6 Å². The van der Waals surface area contributed by atoms with Crippen molar-refractivity contribution in [2.75, 3.05) is 20.1 Å². The van der Waals surface area contributed by atoms with Crippen molar-refractivity contribution in [3.05, 3.63) is 54.4 Å². The number of carbonyl (C=O) groups is 3. The highest BCUT2D eigenvalue weighted by Gasteiger charge is 2.33. The molecule has 1 atom stereocenters. The Morgan fingerprint density at radius 2 is 1.97 bits per heavy atom. The predicted octanol–water partition coefficient (Wildman–Crippen LogP) is 0.863. The number of hydrogen-bond donors (Lipinski definition) is 2. The number of amides is 3. The largest absolute Gasteiger partial charge is 0.357 e. The first-order chi connectivity index (χ1) is 14.6. The standard InChI is InChI=1S/C21H22N6O3/c1-22-21(30)17-8-5-11-26(17)18(28)13-24-20(29)15-12-25-27-16(9-10-23-19(15)27)14-6-3-2-4-7-14/h2-4,6-7,9-10,12,17H,5,8,11,13H2,1H3,(H,22,30)(H,24,29). The molecule has 0 spiro atoms. The zero-order chi connectivity index (χ0) is 21.1. The van der Waals surface area contributed by atoms with Gasteiger partial charge >= 0.3 is 0 Å². The second kappa shape index (κ2) is 8.32. The van der Waals surface area contributed by atoms with Crippen LogP contribution in [0.1, 0.15) is 23.2 Å². The maximum Gasteiger partial charge on any atom is 0.257 e.